The number of nitrogens with one attached hydrogen (secondary N) is 2. The predicted octanol–water partition coefficient (Wildman–Crippen LogP) is 0.370. The van der Waals surface area contributed by atoms with Crippen LogP contribution in [0.4, 0.5) is 0 Å². The molecule has 0 fully saturated rings. The highest BCUT2D eigenvalue weighted by Crippen LogP contribution is 1.73. The zero-order valence-electron chi connectivity index (χ0n) is 6.28. The standard InChI is InChI=1S/C7H16N2/c1-4-5-9-6-7(2)8-3/h4,7-9H,1,5-6H2,2-3H3. The van der Waals surface area contributed by atoms with Gasteiger partial charge < -0.3 is 10.6 Å². The van der Waals surface area contributed by atoms with Crippen LogP contribution in [-0.4, -0.2) is 26.2 Å². The smallest absolute Gasteiger partial charge is 0.0161 e. The van der Waals surface area contributed by atoms with Crippen LogP contribution in [0.15, 0.2) is 12.7 Å². The van der Waals surface area contributed by atoms with Crippen LogP contribution in [0.25, 0.3) is 0 Å². The molecule has 0 spiro atoms. The molecule has 0 saturated heterocycles. The normalized spacial score (nSPS) is 13.1. The van der Waals surface area contributed by atoms with Crippen molar-refractivity contribution < 1.29 is 0 Å². The highest BCUT2D eigenvalue weighted by molar-refractivity contribution is 4.71. The lowest BCUT2D eigenvalue weighted by Crippen LogP contribution is -2.33. The summed E-state index contributed by atoms with van der Waals surface area (Å²) in [6.45, 7) is 7.63. The summed E-state index contributed by atoms with van der Waals surface area (Å²) < 4.78 is 0. The van der Waals surface area contributed by atoms with Crippen molar-refractivity contribution in [3.8, 4) is 0 Å². The molecule has 1 unspecified atom stereocenters. The molecule has 0 radical (unpaired) electrons. The van der Waals surface area contributed by atoms with E-state index in [-0.39, 0.29) is 0 Å². The van der Waals surface area contributed by atoms with Gasteiger partial charge in [0.15, 0.2) is 0 Å². The lowest BCUT2D eigenvalue weighted by molar-refractivity contribution is 0.560. The highest BCUT2D eigenvalue weighted by atomic mass is 14.9. The van der Waals surface area contributed by atoms with Gasteiger partial charge in [0.05, 0.1) is 0 Å². The minimum Gasteiger partial charge on any atom is -0.316 e. The Morgan fingerprint density at radius 2 is 2.33 bits per heavy atom. The van der Waals surface area contributed by atoms with E-state index in [4.69, 9.17) is 0 Å². The van der Waals surface area contributed by atoms with Gasteiger partial charge in [0.2, 0.25) is 0 Å². The first-order valence-electron chi connectivity index (χ1n) is 3.30. The molecule has 9 heavy (non-hydrogen) atoms. The van der Waals surface area contributed by atoms with Gasteiger partial charge in [0, 0.05) is 19.1 Å². The summed E-state index contributed by atoms with van der Waals surface area (Å²) in [6.07, 6.45) is 1.86. The van der Waals surface area contributed by atoms with Crippen LogP contribution in [-0.2, 0) is 0 Å². The van der Waals surface area contributed by atoms with Crippen LogP contribution >= 0.6 is 0 Å². The third kappa shape index (κ3) is 5.53. The van der Waals surface area contributed by atoms with E-state index in [2.05, 4.69) is 24.1 Å². The third-order valence-electron chi connectivity index (χ3n) is 1.23. The van der Waals surface area contributed by atoms with Crippen LogP contribution in [0.3, 0.4) is 0 Å². The fraction of sp³-hybridized carbons (Fsp3) is 0.714. The molecule has 2 heteroatoms. The van der Waals surface area contributed by atoms with Crippen molar-refractivity contribution in [2.45, 2.75) is 13.0 Å². The van der Waals surface area contributed by atoms with Gasteiger partial charge in [-0.15, -0.1) is 6.58 Å². The van der Waals surface area contributed by atoms with E-state index in [1.54, 1.807) is 0 Å². The van der Waals surface area contributed by atoms with Crippen LogP contribution < -0.4 is 10.6 Å². The Morgan fingerprint density at radius 3 is 2.78 bits per heavy atom. The number of likely N-dealkylation sites (N-methyl/N-ethyl adjacent to an activating group) is 1. The molecule has 0 aliphatic carbocycles. The minimum atomic E-state index is 0.546. The fourth-order valence-electron chi connectivity index (χ4n) is 0.504. The van der Waals surface area contributed by atoms with Gasteiger partial charge >= 0.3 is 0 Å². The molecular weight excluding hydrogens is 112 g/mol. The maximum absolute atomic E-state index is 3.60. The summed E-state index contributed by atoms with van der Waals surface area (Å²) in [7, 11) is 1.96. The summed E-state index contributed by atoms with van der Waals surface area (Å²) >= 11 is 0. The average molecular weight is 128 g/mol. The summed E-state index contributed by atoms with van der Waals surface area (Å²) in [5.41, 5.74) is 0. The predicted molar refractivity (Wildman–Crippen MR) is 41.6 cm³/mol. The first kappa shape index (κ1) is 8.66. The molecule has 0 aromatic carbocycles. The van der Waals surface area contributed by atoms with E-state index in [9.17, 15) is 0 Å². The molecule has 0 rings (SSSR count). The lowest BCUT2D eigenvalue weighted by Gasteiger charge is -2.08. The zero-order chi connectivity index (χ0) is 7.11. The Kier molecular flexibility index (Phi) is 5.57. The maximum atomic E-state index is 3.60. The molecule has 54 valence electrons. The SMILES string of the molecule is C=CCNCC(C)NC. The van der Waals surface area contributed by atoms with Gasteiger partial charge in [-0.1, -0.05) is 6.08 Å². The van der Waals surface area contributed by atoms with Crippen LogP contribution in [0, 0.1) is 0 Å². The van der Waals surface area contributed by atoms with Gasteiger partial charge in [-0.3, -0.25) is 0 Å². The van der Waals surface area contributed by atoms with E-state index in [1.165, 1.54) is 0 Å². The molecule has 0 bridgehead atoms. The first-order valence-corrected chi connectivity index (χ1v) is 3.30. The Morgan fingerprint density at radius 1 is 1.67 bits per heavy atom. The van der Waals surface area contributed by atoms with Crippen molar-refractivity contribution in [1.82, 2.24) is 10.6 Å². The molecule has 1 atom stereocenters. The van der Waals surface area contributed by atoms with Gasteiger partial charge in [-0.2, -0.15) is 0 Å². The van der Waals surface area contributed by atoms with Crippen molar-refractivity contribution in [1.29, 1.82) is 0 Å². The molecule has 0 amide bonds. The largest absolute Gasteiger partial charge is 0.316 e. The molecule has 0 aromatic heterocycles. The van der Waals surface area contributed by atoms with Crippen molar-refractivity contribution in [3.05, 3.63) is 12.7 Å². The van der Waals surface area contributed by atoms with E-state index in [0.29, 0.717) is 6.04 Å². The summed E-state index contributed by atoms with van der Waals surface area (Å²) in [5.74, 6) is 0. The summed E-state index contributed by atoms with van der Waals surface area (Å²) in [5, 5.41) is 6.33. The Bertz CT molecular complexity index is 71.3. The number of hydrogen-bond donors (Lipinski definition) is 2. The van der Waals surface area contributed by atoms with Gasteiger partial charge in [-0.05, 0) is 14.0 Å². The summed E-state index contributed by atoms with van der Waals surface area (Å²) in [6, 6.07) is 0.546. The number of rotatable bonds is 5. The Labute approximate surface area is 57.3 Å². The van der Waals surface area contributed by atoms with Crippen molar-refractivity contribution in [2.24, 2.45) is 0 Å². The second-order valence-electron chi connectivity index (χ2n) is 2.14. The van der Waals surface area contributed by atoms with Crippen molar-refractivity contribution in [2.75, 3.05) is 20.1 Å². The molecule has 0 heterocycles. The monoisotopic (exact) mass is 128 g/mol. The zero-order valence-corrected chi connectivity index (χ0v) is 6.28. The first-order chi connectivity index (χ1) is 4.31. The quantitative estimate of drug-likeness (QED) is 0.413. The Balaban J connectivity index is 2.96. The van der Waals surface area contributed by atoms with Crippen molar-refractivity contribution >= 4 is 0 Å². The van der Waals surface area contributed by atoms with Crippen molar-refractivity contribution in [3.63, 3.8) is 0 Å². The van der Waals surface area contributed by atoms with E-state index in [1.807, 2.05) is 13.1 Å². The van der Waals surface area contributed by atoms with Gasteiger partial charge in [0.25, 0.3) is 0 Å². The Hall–Kier alpha value is -0.340. The molecule has 0 aliphatic heterocycles. The van der Waals surface area contributed by atoms with Crippen LogP contribution in [0.1, 0.15) is 6.92 Å². The van der Waals surface area contributed by atoms with E-state index >= 15 is 0 Å². The molecule has 2 nitrogen and oxygen atoms in total. The number of hydrogen-bond acceptors (Lipinski definition) is 2. The topological polar surface area (TPSA) is 24.1 Å². The van der Waals surface area contributed by atoms with Gasteiger partial charge in [0.1, 0.15) is 0 Å². The van der Waals surface area contributed by atoms with Crippen LogP contribution in [0.2, 0.25) is 0 Å². The second kappa shape index (κ2) is 5.79. The van der Waals surface area contributed by atoms with Gasteiger partial charge in [-0.25, -0.2) is 0 Å². The molecular formula is C7H16N2. The summed E-state index contributed by atoms with van der Waals surface area (Å²) in [4.78, 5) is 0. The van der Waals surface area contributed by atoms with Crippen LogP contribution in [0.5, 0.6) is 0 Å². The lowest BCUT2D eigenvalue weighted by atomic mass is 10.3. The molecule has 0 aliphatic rings. The molecule has 0 saturated carbocycles. The average Bonchev–Trinajstić information content (AvgIpc) is 1.89. The van der Waals surface area contributed by atoms with E-state index < -0.39 is 0 Å². The second-order valence-corrected chi connectivity index (χ2v) is 2.14. The maximum Gasteiger partial charge on any atom is 0.0161 e. The molecule has 2 N–H and O–H groups in total. The minimum absolute atomic E-state index is 0.546. The fourth-order valence-corrected chi connectivity index (χ4v) is 0.504. The third-order valence-corrected chi connectivity index (χ3v) is 1.23. The molecule has 0 aromatic rings. The highest BCUT2D eigenvalue weighted by Gasteiger charge is 1.92. The van der Waals surface area contributed by atoms with E-state index in [0.717, 1.165) is 13.1 Å².